The Hall–Kier alpha value is -1.98. The molecule has 22 heavy (non-hydrogen) atoms. The fraction of sp³-hybridized carbons (Fsp3) is 0.235. The van der Waals surface area contributed by atoms with E-state index in [1.54, 1.807) is 18.9 Å². The molecule has 0 amide bonds. The average molecular weight is 313 g/mol. The first-order chi connectivity index (χ1) is 10.9. The molecule has 0 bridgehead atoms. The summed E-state index contributed by atoms with van der Waals surface area (Å²) in [6, 6.07) is 14.5. The molecule has 0 fully saturated rings. The second-order valence-corrected chi connectivity index (χ2v) is 6.02. The minimum atomic E-state index is 0.170. The number of nitrogens with one attached hydrogen (secondary N) is 1. The van der Waals surface area contributed by atoms with Gasteiger partial charge in [0.25, 0.3) is 0 Å². The molecule has 0 radical (unpaired) electrons. The van der Waals surface area contributed by atoms with Crippen LogP contribution in [0.15, 0.2) is 61.1 Å². The number of rotatable bonds is 6. The summed E-state index contributed by atoms with van der Waals surface area (Å²) in [4.78, 5) is 6.37. The van der Waals surface area contributed by atoms with Crippen LogP contribution in [0.3, 0.4) is 0 Å². The van der Waals surface area contributed by atoms with Gasteiger partial charge in [-0.2, -0.15) is 0 Å². The molecule has 2 heterocycles. The maximum Gasteiger partial charge on any atom is 0.150 e. The topological polar surface area (TPSA) is 37.4 Å². The predicted octanol–water partition coefficient (Wildman–Crippen LogP) is 3.11. The number of hydrogen-bond donors (Lipinski definition) is 1. The van der Waals surface area contributed by atoms with E-state index >= 15 is 0 Å². The van der Waals surface area contributed by atoms with Crippen molar-refractivity contribution in [3.8, 4) is 0 Å². The van der Waals surface area contributed by atoms with Gasteiger partial charge in [0.2, 0.25) is 0 Å². The monoisotopic (exact) mass is 313 g/mol. The SMILES string of the molecule is COCSC1NC(c2ccccc2)=CN1Cc1ccncc1. The highest BCUT2D eigenvalue weighted by Crippen LogP contribution is 2.27. The molecule has 1 unspecified atom stereocenters. The molecule has 0 saturated carbocycles. The lowest BCUT2D eigenvalue weighted by Crippen LogP contribution is -2.33. The Morgan fingerprint density at radius 1 is 1.18 bits per heavy atom. The van der Waals surface area contributed by atoms with E-state index in [9.17, 15) is 0 Å². The van der Waals surface area contributed by atoms with Gasteiger partial charge in [0.15, 0.2) is 0 Å². The highest BCUT2D eigenvalue weighted by atomic mass is 32.2. The summed E-state index contributed by atoms with van der Waals surface area (Å²) in [6.45, 7) is 0.841. The molecule has 2 aromatic rings. The van der Waals surface area contributed by atoms with Crippen LogP contribution in [0.2, 0.25) is 0 Å². The molecule has 0 aliphatic carbocycles. The van der Waals surface area contributed by atoms with Crippen molar-refractivity contribution in [1.29, 1.82) is 0 Å². The number of aromatic nitrogens is 1. The maximum atomic E-state index is 5.21. The van der Waals surface area contributed by atoms with Crippen LogP contribution in [-0.2, 0) is 11.3 Å². The molecule has 114 valence electrons. The fourth-order valence-corrected chi connectivity index (χ4v) is 3.16. The van der Waals surface area contributed by atoms with Crippen molar-refractivity contribution >= 4 is 17.5 Å². The van der Waals surface area contributed by atoms with Crippen molar-refractivity contribution in [3.63, 3.8) is 0 Å². The van der Waals surface area contributed by atoms with Crippen LogP contribution in [0.25, 0.3) is 5.70 Å². The third-order valence-electron chi connectivity index (χ3n) is 3.42. The van der Waals surface area contributed by atoms with Crippen molar-refractivity contribution in [2.45, 2.75) is 12.0 Å². The molecule has 1 aliphatic rings. The summed E-state index contributed by atoms with van der Waals surface area (Å²) in [5, 5.41) is 3.57. The molecule has 5 heteroatoms. The molecule has 4 nitrogen and oxygen atoms in total. The van der Waals surface area contributed by atoms with Crippen LogP contribution in [0, 0.1) is 0 Å². The third kappa shape index (κ3) is 3.61. The van der Waals surface area contributed by atoms with Crippen LogP contribution < -0.4 is 5.32 Å². The average Bonchev–Trinajstić information content (AvgIpc) is 2.97. The van der Waals surface area contributed by atoms with Crippen LogP contribution in [0.1, 0.15) is 11.1 Å². The second-order valence-electron chi connectivity index (χ2n) is 5.01. The van der Waals surface area contributed by atoms with E-state index in [1.165, 1.54) is 11.1 Å². The number of thioether (sulfide) groups is 1. The summed E-state index contributed by atoms with van der Waals surface area (Å²) in [7, 11) is 1.72. The number of pyridine rings is 1. The van der Waals surface area contributed by atoms with Gasteiger partial charge in [0.1, 0.15) is 5.50 Å². The zero-order chi connectivity index (χ0) is 15.2. The Bertz CT molecular complexity index is 618. The second kappa shape index (κ2) is 7.33. The number of benzene rings is 1. The summed E-state index contributed by atoms with van der Waals surface area (Å²) in [5.41, 5.74) is 3.75. The maximum absolute atomic E-state index is 5.21. The van der Waals surface area contributed by atoms with Crippen molar-refractivity contribution in [2.24, 2.45) is 0 Å². The van der Waals surface area contributed by atoms with Gasteiger partial charge in [-0.15, -0.1) is 0 Å². The van der Waals surface area contributed by atoms with Gasteiger partial charge in [-0.1, -0.05) is 42.1 Å². The predicted molar refractivity (Wildman–Crippen MR) is 90.6 cm³/mol. The number of methoxy groups -OCH3 is 1. The molecule has 3 rings (SSSR count). The van der Waals surface area contributed by atoms with E-state index in [0.717, 1.165) is 12.2 Å². The summed E-state index contributed by atoms with van der Waals surface area (Å²) in [5.74, 6) is 0.653. The summed E-state index contributed by atoms with van der Waals surface area (Å²) >= 11 is 1.73. The lowest BCUT2D eigenvalue weighted by atomic mass is 10.2. The van der Waals surface area contributed by atoms with Gasteiger partial charge < -0.3 is 15.0 Å². The van der Waals surface area contributed by atoms with Crippen molar-refractivity contribution in [2.75, 3.05) is 13.0 Å². The molecule has 1 aliphatic heterocycles. The molecule has 1 aromatic heterocycles. The van der Waals surface area contributed by atoms with Crippen molar-refractivity contribution in [3.05, 3.63) is 72.2 Å². The van der Waals surface area contributed by atoms with Crippen molar-refractivity contribution in [1.82, 2.24) is 15.2 Å². The van der Waals surface area contributed by atoms with Crippen LogP contribution >= 0.6 is 11.8 Å². The van der Waals surface area contributed by atoms with E-state index in [4.69, 9.17) is 4.74 Å². The standard InChI is InChI=1S/C17H19N3OS/c1-21-13-22-17-19-16(15-5-3-2-4-6-15)12-20(17)11-14-7-9-18-10-8-14/h2-10,12,17,19H,11,13H2,1H3. The summed E-state index contributed by atoms with van der Waals surface area (Å²) in [6.07, 6.45) is 5.85. The Morgan fingerprint density at radius 2 is 1.95 bits per heavy atom. The van der Waals surface area contributed by atoms with Crippen LogP contribution in [0.5, 0.6) is 0 Å². The third-order valence-corrected chi connectivity index (χ3v) is 4.49. The molecule has 0 saturated heterocycles. The van der Waals surface area contributed by atoms with Crippen LogP contribution in [0.4, 0.5) is 0 Å². The number of ether oxygens (including phenoxy) is 1. The highest BCUT2D eigenvalue weighted by molar-refractivity contribution is 7.99. The Labute approximate surface area is 135 Å². The first-order valence-electron chi connectivity index (χ1n) is 7.16. The molecule has 1 aromatic carbocycles. The zero-order valence-electron chi connectivity index (χ0n) is 12.5. The zero-order valence-corrected chi connectivity index (χ0v) is 13.3. The molecular weight excluding hydrogens is 294 g/mol. The molecular formula is C17H19N3OS. The molecule has 0 spiro atoms. The normalized spacial score (nSPS) is 17.2. The fourth-order valence-electron chi connectivity index (χ4n) is 2.36. The first kappa shape index (κ1) is 14.9. The van der Waals surface area contributed by atoms with Gasteiger partial charge in [-0.25, -0.2) is 0 Å². The minimum absolute atomic E-state index is 0.170. The first-order valence-corrected chi connectivity index (χ1v) is 8.20. The smallest absolute Gasteiger partial charge is 0.150 e. The minimum Gasteiger partial charge on any atom is -0.374 e. The van der Waals surface area contributed by atoms with E-state index in [-0.39, 0.29) is 5.50 Å². The van der Waals surface area contributed by atoms with E-state index in [0.29, 0.717) is 5.94 Å². The van der Waals surface area contributed by atoms with Gasteiger partial charge in [0.05, 0.1) is 11.6 Å². The van der Waals surface area contributed by atoms with E-state index in [2.05, 4.69) is 45.7 Å². The van der Waals surface area contributed by atoms with Crippen molar-refractivity contribution < 1.29 is 4.74 Å². The van der Waals surface area contributed by atoms with E-state index in [1.807, 2.05) is 30.6 Å². The van der Waals surface area contributed by atoms with Gasteiger partial charge >= 0.3 is 0 Å². The van der Waals surface area contributed by atoms with Gasteiger partial charge in [-0.05, 0) is 23.3 Å². The molecule has 1 N–H and O–H groups in total. The van der Waals surface area contributed by atoms with Crippen LogP contribution in [-0.4, -0.2) is 28.4 Å². The highest BCUT2D eigenvalue weighted by Gasteiger charge is 2.24. The number of hydrogen-bond acceptors (Lipinski definition) is 5. The Balaban J connectivity index is 1.78. The lowest BCUT2D eigenvalue weighted by Gasteiger charge is -2.24. The lowest BCUT2D eigenvalue weighted by molar-refractivity contribution is 0.255. The Kier molecular flexibility index (Phi) is 4.98. The molecule has 1 atom stereocenters. The van der Waals surface area contributed by atoms with E-state index < -0.39 is 0 Å². The largest absolute Gasteiger partial charge is 0.374 e. The van der Waals surface area contributed by atoms with Gasteiger partial charge in [0, 0.05) is 32.2 Å². The van der Waals surface area contributed by atoms with Gasteiger partial charge in [-0.3, -0.25) is 4.98 Å². The summed E-state index contributed by atoms with van der Waals surface area (Å²) < 4.78 is 5.21. The Morgan fingerprint density at radius 3 is 2.68 bits per heavy atom. The number of nitrogens with zero attached hydrogens (tertiary/aromatic N) is 2. The quantitative estimate of drug-likeness (QED) is 0.830.